The molecule has 0 atom stereocenters. The number of non-ortho nitro benzene ring substituents is 1. The summed E-state index contributed by atoms with van der Waals surface area (Å²) in [7, 11) is 0. The Morgan fingerprint density at radius 2 is 1.63 bits per heavy atom. The fourth-order valence-corrected chi connectivity index (χ4v) is 5.68. The summed E-state index contributed by atoms with van der Waals surface area (Å²) in [6.45, 7) is 1.22. The molecule has 0 saturated carbocycles. The molecule has 0 radical (unpaired) electrons. The van der Waals surface area contributed by atoms with Crippen molar-refractivity contribution in [3.05, 3.63) is 130 Å². The van der Waals surface area contributed by atoms with E-state index < -0.39 is 16.7 Å². The molecule has 2 heterocycles. The molecule has 4 aromatic carbocycles. The van der Waals surface area contributed by atoms with Gasteiger partial charge in [0.25, 0.3) is 5.69 Å². The smallest absolute Gasteiger partial charge is 0.318 e. The molecule has 8 nitrogen and oxygen atoms in total. The second kappa shape index (κ2) is 10.6. The Balaban J connectivity index is 1.59. The number of hydrogen-bond donors (Lipinski definition) is 0. The standard InChI is InChI=1S/C32H21N3O5S/c1-20(36)40-33-31(21-7-3-2-4-8-21)32(37)22-12-17-27-26(19-22)30-25(29-11-6-18-41-29)9-5-10-28(30)34(27)23-13-15-24(16-14-23)35(38)39/h2-19H,1H3. The predicted octanol–water partition coefficient (Wildman–Crippen LogP) is 7.57. The Hall–Kier alpha value is -5.41. The van der Waals surface area contributed by atoms with Crippen LogP contribution in [0.4, 0.5) is 5.69 Å². The second-order valence-corrected chi connectivity index (χ2v) is 10.2. The number of nitro benzene ring substituents is 1. The molecule has 2 aromatic heterocycles. The van der Waals surface area contributed by atoms with Crippen LogP contribution < -0.4 is 0 Å². The molecule has 0 fully saturated rings. The number of rotatable bonds is 7. The van der Waals surface area contributed by atoms with Crippen LogP contribution in [0.3, 0.4) is 0 Å². The average Bonchev–Trinajstić information content (AvgIpc) is 3.64. The number of carbonyl (C=O) groups excluding carboxylic acids is 2. The van der Waals surface area contributed by atoms with Crippen LogP contribution in [0.15, 0.2) is 114 Å². The molecule has 0 N–H and O–H groups in total. The molecule has 0 aliphatic rings. The molecule has 9 heteroatoms. The van der Waals surface area contributed by atoms with E-state index in [2.05, 4.69) is 5.16 Å². The number of Topliss-reactive ketones (excluding diaryl/α,β-unsaturated/α-hetero) is 1. The molecule has 0 unspecified atom stereocenters. The minimum atomic E-state index is -0.631. The Morgan fingerprint density at radius 3 is 2.32 bits per heavy atom. The van der Waals surface area contributed by atoms with E-state index in [9.17, 15) is 19.7 Å². The Kier molecular flexibility index (Phi) is 6.70. The summed E-state index contributed by atoms with van der Waals surface area (Å²) in [6.07, 6.45) is 0. The number of benzene rings is 4. The highest BCUT2D eigenvalue weighted by Crippen LogP contribution is 2.40. The van der Waals surface area contributed by atoms with Crippen molar-refractivity contribution in [2.75, 3.05) is 0 Å². The molecule has 0 aliphatic carbocycles. The molecule has 200 valence electrons. The van der Waals surface area contributed by atoms with E-state index in [0.717, 1.165) is 37.9 Å². The zero-order chi connectivity index (χ0) is 28.5. The Labute approximate surface area is 237 Å². The highest BCUT2D eigenvalue weighted by molar-refractivity contribution is 7.13. The molecule has 0 amide bonds. The van der Waals surface area contributed by atoms with Gasteiger partial charge in [0.2, 0.25) is 5.78 Å². The largest absolute Gasteiger partial charge is 0.332 e. The van der Waals surface area contributed by atoms with E-state index >= 15 is 0 Å². The molecule has 6 rings (SSSR count). The first kappa shape index (κ1) is 25.8. The SMILES string of the molecule is CC(=O)ON=C(C(=O)c1ccc2c(c1)c1c(-c3cccs3)cccc1n2-c1ccc([N+](=O)[O-])cc1)c1ccccc1. The minimum Gasteiger partial charge on any atom is -0.318 e. The number of oxime groups is 1. The number of carbonyl (C=O) groups is 2. The van der Waals surface area contributed by atoms with E-state index in [-0.39, 0.29) is 11.4 Å². The lowest BCUT2D eigenvalue weighted by Gasteiger charge is -2.09. The summed E-state index contributed by atoms with van der Waals surface area (Å²) in [4.78, 5) is 42.2. The first-order valence-corrected chi connectivity index (χ1v) is 13.5. The van der Waals surface area contributed by atoms with Gasteiger partial charge in [0, 0.05) is 57.1 Å². The number of thiophene rings is 1. The Bertz CT molecular complexity index is 1980. The van der Waals surface area contributed by atoms with E-state index in [0.29, 0.717) is 11.1 Å². The van der Waals surface area contributed by atoms with Crippen LogP contribution in [0.1, 0.15) is 22.8 Å². The van der Waals surface area contributed by atoms with Crippen molar-refractivity contribution in [3.63, 3.8) is 0 Å². The summed E-state index contributed by atoms with van der Waals surface area (Å²) in [5.41, 5.74) is 4.38. The molecule has 0 bridgehead atoms. The number of aromatic nitrogens is 1. The van der Waals surface area contributed by atoms with Gasteiger partial charge in [-0.05, 0) is 47.8 Å². The van der Waals surface area contributed by atoms with Crippen molar-refractivity contribution in [1.29, 1.82) is 0 Å². The van der Waals surface area contributed by atoms with Gasteiger partial charge < -0.3 is 9.40 Å². The number of fused-ring (bicyclic) bond motifs is 3. The van der Waals surface area contributed by atoms with Crippen LogP contribution >= 0.6 is 11.3 Å². The van der Waals surface area contributed by atoms with Crippen LogP contribution in [-0.2, 0) is 9.63 Å². The van der Waals surface area contributed by atoms with E-state index in [4.69, 9.17) is 4.84 Å². The fraction of sp³-hybridized carbons (Fsp3) is 0.0312. The van der Waals surface area contributed by atoms with Gasteiger partial charge in [-0.25, -0.2) is 4.79 Å². The van der Waals surface area contributed by atoms with Gasteiger partial charge in [-0.15, -0.1) is 11.3 Å². The van der Waals surface area contributed by atoms with E-state index in [1.54, 1.807) is 53.8 Å². The van der Waals surface area contributed by atoms with Gasteiger partial charge >= 0.3 is 5.97 Å². The molecule has 6 aromatic rings. The summed E-state index contributed by atoms with van der Waals surface area (Å²) in [5.74, 6) is -1.03. The highest BCUT2D eigenvalue weighted by atomic mass is 32.1. The summed E-state index contributed by atoms with van der Waals surface area (Å²) in [5, 5.41) is 19.0. The first-order chi connectivity index (χ1) is 19.9. The van der Waals surface area contributed by atoms with E-state index in [1.807, 2.05) is 58.5 Å². The lowest BCUT2D eigenvalue weighted by atomic mass is 9.98. The van der Waals surface area contributed by atoms with Crippen LogP contribution in [0.25, 0.3) is 37.9 Å². The van der Waals surface area contributed by atoms with Crippen molar-refractivity contribution in [2.24, 2.45) is 5.16 Å². The maximum absolute atomic E-state index is 13.8. The lowest BCUT2D eigenvalue weighted by molar-refractivity contribution is -0.384. The molecule has 0 saturated heterocycles. The van der Waals surface area contributed by atoms with Crippen molar-refractivity contribution in [3.8, 4) is 16.1 Å². The van der Waals surface area contributed by atoms with Gasteiger partial charge in [-0.3, -0.25) is 14.9 Å². The average molecular weight is 560 g/mol. The summed E-state index contributed by atoms with van der Waals surface area (Å²) < 4.78 is 2.03. The molecular formula is C32H21N3O5S. The lowest BCUT2D eigenvalue weighted by Crippen LogP contribution is -2.17. The quantitative estimate of drug-likeness (QED) is 0.0660. The number of nitrogens with zero attached hydrogens (tertiary/aromatic N) is 3. The maximum Gasteiger partial charge on any atom is 0.332 e. The fourth-order valence-electron chi connectivity index (χ4n) is 4.92. The summed E-state index contributed by atoms with van der Waals surface area (Å²) >= 11 is 1.61. The van der Waals surface area contributed by atoms with Crippen LogP contribution in [-0.4, -0.2) is 27.0 Å². The molecular weight excluding hydrogens is 538 g/mol. The van der Waals surface area contributed by atoms with Crippen molar-refractivity contribution >= 4 is 56.3 Å². The topological polar surface area (TPSA) is 104 Å². The first-order valence-electron chi connectivity index (χ1n) is 12.6. The number of hydrogen-bond acceptors (Lipinski definition) is 7. The van der Waals surface area contributed by atoms with Gasteiger partial charge in [0.15, 0.2) is 5.71 Å². The van der Waals surface area contributed by atoms with Gasteiger partial charge in [0.05, 0.1) is 16.0 Å². The zero-order valence-electron chi connectivity index (χ0n) is 21.7. The normalized spacial score (nSPS) is 11.6. The molecule has 0 aliphatic heterocycles. The number of nitro groups is 1. The second-order valence-electron chi connectivity index (χ2n) is 9.24. The van der Waals surface area contributed by atoms with Crippen LogP contribution in [0, 0.1) is 10.1 Å². The third-order valence-electron chi connectivity index (χ3n) is 6.69. The zero-order valence-corrected chi connectivity index (χ0v) is 22.5. The molecule has 41 heavy (non-hydrogen) atoms. The summed E-state index contributed by atoms with van der Waals surface area (Å²) in [6, 6.07) is 30.7. The Morgan fingerprint density at radius 1 is 0.854 bits per heavy atom. The predicted molar refractivity (Wildman–Crippen MR) is 160 cm³/mol. The maximum atomic E-state index is 13.8. The monoisotopic (exact) mass is 559 g/mol. The third-order valence-corrected chi connectivity index (χ3v) is 7.59. The van der Waals surface area contributed by atoms with Crippen LogP contribution in [0.5, 0.6) is 0 Å². The number of ketones is 1. The van der Waals surface area contributed by atoms with Crippen molar-refractivity contribution in [1.82, 2.24) is 4.57 Å². The van der Waals surface area contributed by atoms with E-state index in [1.165, 1.54) is 19.1 Å². The van der Waals surface area contributed by atoms with Gasteiger partial charge in [0.1, 0.15) is 0 Å². The third kappa shape index (κ3) is 4.79. The van der Waals surface area contributed by atoms with Gasteiger partial charge in [-0.2, -0.15) is 0 Å². The molecule has 0 spiro atoms. The highest BCUT2D eigenvalue weighted by Gasteiger charge is 2.22. The van der Waals surface area contributed by atoms with Crippen LogP contribution in [0.2, 0.25) is 0 Å². The van der Waals surface area contributed by atoms with Crippen molar-refractivity contribution in [2.45, 2.75) is 6.92 Å². The van der Waals surface area contributed by atoms with Gasteiger partial charge in [-0.1, -0.05) is 53.7 Å². The van der Waals surface area contributed by atoms with Crippen molar-refractivity contribution < 1.29 is 19.3 Å². The minimum absolute atomic E-state index is 0.00202.